The summed E-state index contributed by atoms with van der Waals surface area (Å²) in [6.07, 6.45) is 0. The predicted octanol–water partition coefficient (Wildman–Crippen LogP) is 0.463. The van der Waals surface area contributed by atoms with Crippen molar-refractivity contribution in [2.75, 3.05) is 7.11 Å². The van der Waals surface area contributed by atoms with E-state index in [4.69, 9.17) is 16.3 Å². The lowest BCUT2D eigenvalue weighted by molar-refractivity contribution is -0.258. The molecule has 0 unspecified atom stereocenters. The van der Waals surface area contributed by atoms with Crippen molar-refractivity contribution in [3.05, 3.63) is 48.0 Å². The summed E-state index contributed by atoms with van der Waals surface area (Å²) >= 11 is 7.62. The molecule has 102 valence electrons. The summed E-state index contributed by atoms with van der Waals surface area (Å²) in [7, 11) is 1.66. The topological polar surface area (TPSA) is 36.9 Å². The maximum absolute atomic E-state index is 5.94. The molecule has 2 aromatic rings. The van der Waals surface area contributed by atoms with E-state index < -0.39 is 0 Å². The van der Waals surface area contributed by atoms with Gasteiger partial charge in [-0.15, -0.1) is 11.6 Å². The Morgan fingerprint density at radius 2 is 1.89 bits per heavy atom. The molecule has 0 spiro atoms. The Morgan fingerprint density at radius 3 is 2.53 bits per heavy atom. The number of methoxy groups -OCH3 is 1. The number of hydrogen-bond donors (Lipinski definition) is 1. The van der Waals surface area contributed by atoms with Crippen LogP contribution in [-0.4, -0.2) is 7.11 Å². The Bertz CT molecular complexity index is 549. The summed E-state index contributed by atoms with van der Waals surface area (Å²) in [4.78, 5) is 2.29. The van der Waals surface area contributed by atoms with Crippen LogP contribution in [0.25, 0.3) is 0 Å². The van der Waals surface area contributed by atoms with Crippen LogP contribution < -0.4 is 22.9 Å². The minimum Gasteiger partial charge on any atom is -1.00 e. The number of quaternary nitrogens is 1. The fraction of sp³-hybridized carbons (Fsp3) is 0.143. The molecule has 5 heteroatoms. The molecule has 0 saturated heterocycles. The van der Waals surface area contributed by atoms with E-state index in [1.165, 1.54) is 4.90 Å². The lowest BCUT2D eigenvalue weighted by Crippen LogP contribution is -3.00. The quantitative estimate of drug-likeness (QED) is 0.832. The molecule has 3 N–H and O–H groups in total. The van der Waals surface area contributed by atoms with Crippen LogP contribution in [0.2, 0.25) is 0 Å². The lowest BCUT2D eigenvalue weighted by Gasteiger charge is -2.08. The highest BCUT2D eigenvalue weighted by Gasteiger charge is 2.08. The van der Waals surface area contributed by atoms with Crippen molar-refractivity contribution in [3.8, 4) is 5.75 Å². The normalized spacial score (nSPS) is 9.84. The average molecular weight is 316 g/mol. The molecule has 0 aliphatic heterocycles. The van der Waals surface area contributed by atoms with Crippen LogP contribution >= 0.6 is 23.4 Å². The molecule has 0 aliphatic carbocycles. The molecule has 0 amide bonds. The molecule has 2 rings (SSSR count). The fourth-order valence-corrected chi connectivity index (χ4v) is 2.91. The van der Waals surface area contributed by atoms with Gasteiger partial charge >= 0.3 is 0 Å². The van der Waals surface area contributed by atoms with Gasteiger partial charge in [0.05, 0.1) is 12.0 Å². The van der Waals surface area contributed by atoms with E-state index in [9.17, 15) is 0 Å². The van der Waals surface area contributed by atoms with Crippen molar-refractivity contribution in [1.82, 2.24) is 0 Å². The summed E-state index contributed by atoms with van der Waals surface area (Å²) in [6.45, 7) is 0. The second-order valence-electron chi connectivity index (χ2n) is 3.82. The molecule has 0 radical (unpaired) electrons. The minimum atomic E-state index is 0. The molecule has 2 aromatic carbocycles. The number of alkyl halides is 1. The summed E-state index contributed by atoms with van der Waals surface area (Å²) in [5.41, 5.74) is 6.15. The van der Waals surface area contributed by atoms with Gasteiger partial charge in [0.1, 0.15) is 11.4 Å². The highest BCUT2D eigenvalue weighted by molar-refractivity contribution is 7.99. The zero-order valence-electron chi connectivity index (χ0n) is 10.5. The average Bonchev–Trinajstić information content (AvgIpc) is 2.41. The van der Waals surface area contributed by atoms with E-state index in [0.29, 0.717) is 5.88 Å². The lowest BCUT2D eigenvalue weighted by atomic mass is 10.2. The second kappa shape index (κ2) is 7.65. The fourth-order valence-electron chi connectivity index (χ4n) is 1.61. The molecule has 0 aromatic heterocycles. The highest BCUT2D eigenvalue weighted by atomic mass is 35.5. The van der Waals surface area contributed by atoms with Crippen molar-refractivity contribution in [2.45, 2.75) is 15.7 Å². The molecule has 2 nitrogen and oxygen atoms in total. The van der Waals surface area contributed by atoms with E-state index in [1.807, 2.05) is 36.4 Å². The van der Waals surface area contributed by atoms with Crippen molar-refractivity contribution >= 4 is 29.1 Å². The third-order valence-electron chi connectivity index (χ3n) is 2.60. The van der Waals surface area contributed by atoms with Crippen LogP contribution in [0.15, 0.2) is 52.3 Å². The molecule has 0 fully saturated rings. The van der Waals surface area contributed by atoms with Crippen molar-refractivity contribution in [1.29, 1.82) is 0 Å². The molecule has 0 saturated carbocycles. The van der Waals surface area contributed by atoms with Gasteiger partial charge in [0.15, 0.2) is 0 Å². The first-order valence-corrected chi connectivity index (χ1v) is 6.91. The van der Waals surface area contributed by atoms with Crippen LogP contribution in [0.4, 0.5) is 5.69 Å². The Hall–Kier alpha value is -0.870. The predicted molar refractivity (Wildman–Crippen MR) is 75.7 cm³/mol. The number of halogens is 2. The van der Waals surface area contributed by atoms with Gasteiger partial charge in [-0.3, -0.25) is 0 Å². The molecular formula is C14H15Cl2NOS. The van der Waals surface area contributed by atoms with E-state index in [1.54, 1.807) is 18.9 Å². The Kier molecular flexibility index (Phi) is 6.52. The molecule has 0 heterocycles. The largest absolute Gasteiger partial charge is 1.00 e. The van der Waals surface area contributed by atoms with Gasteiger partial charge in [-0.2, -0.15) is 0 Å². The summed E-state index contributed by atoms with van der Waals surface area (Å²) in [6, 6.07) is 14.0. The Morgan fingerprint density at radius 1 is 1.16 bits per heavy atom. The zero-order chi connectivity index (χ0) is 13.0. The van der Waals surface area contributed by atoms with Crippen LogP contribution in [0.5, 0.6) is 5.75 Å². The molecule has 0 bridgehead atoms. The van der Waals surface area contributed by atoms with Gasteiger partial charge in [-0.1, -0.05) is 30.0 Å². The van der Waals surface area contributed by atoms with Crippen LogP contribution in [-0.2, 0) is 5.88 Å². The first-order valence-electron chi connectivity index (χ1n) is 5.56. The monoisotopic (exact) mass is 315 g/mol. The molecular weight excluding hydrogens is 301 g/mol. The summed E-state index contributed by atoms with van der Waals surface area (Å²) in [5.74, 6) is 1.35. The molecule has 0 aliphatic rings. The van der Waals surface area contributed by atoms with Gasteiger partial charge in [-0.05, 0) is 23.8 Å². The van der Waals surface area contributed by atoms with E-state index in [0.717, 1.165) is 21.9 Å². The first kappa shape index (κ1) is 16.2. The maximum atomic E-state index is 5.94. The standard InChI is InChI=1S/C14H14ClNOS.ClH/c1-17-11-6-7-14(12(16)8-11)18-13-5-3-2-4-10(13)9-15;/h2-8H,9,16H2,1H3;1H. The van der Waals surface area contributed by atoms with Gasteiger partial charge < -0.3 is 22.9 Å². The Balaban J connectivity index is 0.00000180. The third kappa shape index (κ3) is 4.05. The van der Waals surface area contributed by atoms with Gasteiger partial charge in [0.2, 0.25) is 0 Å². The van der Waals surface area contributed by atoms with Crippen molar-refractivity contribution in [3.63, 3.8) is 0 Å². The first-order chi connectivity index (χ1) is 8.74. The van der Waals surface area contributed by atoms with Gasteiger partial charge in [0, 0.05) is 16.8 Å². The van der Waals surface area contributed by atoms with Crippen LogP contribution in [0.3, 0.4) is 0 Å². The van der Waals surface area contributed by atoms with E-state index in [2.05, 4.69) is 11.8 Å². The number of benzene rings is 2. The highest BCUT2D eigenvalue weighted by Crippen LogP contribution is 2.35. The third-order valence-corrected chi connectivity index (χ3v) is 4.13. The van der Waals surface area contributed by atoms with Gasteiger partial charge in [0.25, 0.3) is 0 Å². The minimum absolute atomic E-state index is 0. The van der Waals surface area contributed by atoms with Crippen molar-refractivity contribution < 1.29 is 22.9 Å². The second-order valence-corrected chi connectivity index (χ2v) is 5.17. The van der Waals surface area contributed by atoms with Crippen molar-refractivity contribution in [2.24, 2.45) is 0 Å². The smallest absolute Gasteiger partial charge is 0.145 e. The molecule has 19 heavy (non-hydrogen) atoms. The number of hydrogen-bond acceptors (Lipinski definition) is 2. The van der Waals surface area contributed by atoms with E-state index >= 15 is 0 Å². The SMILES string of the molecule is COc1ccc(Sc2ccccc2CCl)c([NH3+])c1.[Cl-]. The summed E-state index contributed by atoms with van der Waals surface area (Å²) < 4.78 is 5.17. The van der Waals surface area contributed by atoms with E-state index in [-0.39, 0.29) is 12.4 Å². The number of rotatable bonds is 4. The molecule has 0 atom stereocenters. The van der Waals surface area contributed by atoms with Gasteiger partial charge in [-0.25, -0.2) is 0 Å². The number of ether oxygens (including phenoxy) is 1. The Labute approximate surface area is 128 Å². The maximum Gasteiger partial charge on any atom is 0.145 e. The zero-order valence-corrected chi connectivity index (χ0v) is 12.9. The van der Waals surface area contributed by atoms with Crippen LogP contribution in [0, 0.1) is 0 Å². The van der Waals surface area contributed by atoms with Crippen LogP contribution in [0.1, 0.15) is 5.56 Å². The summed E-state index contributed by atoms with van der Waals surface area (Å²) in [5, 5.41) is 0.